The molecule has 1 aliphatic carbocycles. The van der Waals surface area contributed by atoms with Gasteiger partial charge in [0.1, 0.15) is 6.54 Å². The summed E-state index contributed by atoms with van der Waals surface area (Å²) in [7, 11) is -4.03. The van der Waals surface area contributed by atoms with E-state index in [9.17, 15) is 26.4 Å². The number of nitrogens with zero attached hydrogens (tertiary/aromatic N) is 1. The SMILES string of the molecule is CS(=O)(=O)N(CC(=O)NCCC1=CCCCC1)c1cc(C(F)(F)F)ccc1Cl. The van der Waals surface area contributed by atoms with Crippen LogP contribution in [-0.4, -0.2) is 33.7 Å². The number of allylic oxidation sites excluding steroid dienone is 1. The van der Waals surface area contributed by atoms with Gasteiger partial charge in [0.15, 0.2) is 0 Å². The molecule has 5 nitrogen and oxygen atoms in total. The Labute approximate surface area is 167 Å². The van der Waals surface area contributed by atoms with Crippen LogP contribution in [0.3, 0.4) is 0 Å². The van der Waals surface area contributed by atoms with Crippen molar-refractivity contribution in [1.82, 2.24) is 5.32 Å². The Kier molecular flexibility index (Phi) is 7.39. The fourth-order valence-corrected chi connectivity index (χ4v) is 4.07. The van der Waals surface area contributed by atoms with E-state index in [2.05, 4.69) is 11.4 Å². The van der Waals surface area contributed by atoms with Crippen LogP contribution in [0.4, 0.5) is 18.9 Å². The second-order valence-corrected chi connectivity index (χ2v) is 8.96. The number of benzene rings is 1. The van der Waals surface area contributed by atoms with Crippen molar-refractivity contribution in [2.75, 3.05) is 23.7 Å². The molecule has 0 aliphatic heterocycles. The molecule has 1 aromatic rings. The first-order chi connectivity index (χ1) is 13.0. The summed E-state index contributed by atoms with van der Waals surface area (Å²) in [6, 6.07) is 2.35. The molecule has 1 amide bonds. The highest BCUT2D eigenvalue weighted by Crippen LogP contribution is 2.36. The molecule has 0 fully saturated rings. The van der Waals surface area contributed by atoms with Crippen molar-refractivity contribution in [3.8, 4) is 0 Å². The molecular formula is C18H22ClF3N2O3S. The largest absolute Gasteiger partial charge is 0.416 e. The number of nitrogens with one attached hydrogen (secondary N) is 1. The van der Waals surface area contributed by atoms with Crippen LogP contribution in [0.5, 0.6) is 0 Å². The Morgan fingerprint density at radius 1 is 1.29 bits per heavy atom. The molecule has 0 saturated heterocycles. The zero-order valence-corrected chi connectivity index (χ0v) is 16.9. The van der Waals surface area contributed by atoms with Gasteiger partial charge in [0, 0.05) is 6.54 Å². The van der Waals surface area contributed by atoms with E-state index >= 15 is 0 Å². The first-order valence-electron chi connectivity index (χ1n) is 8.77. The minimum absolute atomic E-state index is 0.196. The van der Waals surface area contributed by atoms with Gasteiger partial charge < -0.3 is 5.32 Å². The van der Waals surface area contributed by atoms with Crippen LogP contribution in [-0.2, 0) is 21.0 Å². The lowest BCUT2D eigenvalue weighted by atomic mass is 9.97. The second-order valence-electron chi connectivity index (χ2n) is 6.64. The number of rotatable bonds is 7. The maximum absolute atomic E-state index is 13.0. The zero-order valence-electron chi connectivity index (χ0n) is 15.4. The molecule has 0 heterocycles. The van der Waals surface area contributed by atoms with E-state index in [0.29, 0.717) is 23.3 Å². The maximum atomic E-state index is 13.0. The second kappa shape index (κ2) is 9.17. The van der Waals surface area contributed by atoms with Crippen molar-refractivity contribution >= 4 is 33.2 Å². The van der Waals surface area contributed by atoms with Crippen molar-refractivity contribution in [2.24, 2.45) is 0 Å². The lowest BCUT2D eigenvalue weighted by Crippen LogP contribution is -2.41. The van der Waals surface area contributed by atoms with Crippen LogP contribution in [0, 0.1) is 0 Å². The monoisotopic (exact) mass is 438 g/mol. The van der Waals surface area contributed by atoms with Gasteiger partial charge in [0.05, 0.1) is 22.5 Å². The van der Waals surface area contributed by atoms with E-state index in [1.165, 1.54) is 5.57 Å². The average molecular weight is 439 g/mol. The van der Waals surface area contributed by atoms with Gasteiger partial charge in [-0.05, 0) is 50.3 Å². The quantitative estimate of drug-likeness (QED) is 0.651. The van der Waals surface area contributed by atoms with E-state index in [0.717, 1.165) is 44.1 Å². The molecule has 1 aliphatic rings. The molecule has 0 spiro atoms. The van der Waals surface area contributed by atoms with Crippen molar-refractivity contribution in [1.29, 1.82) is 0 Å². The zero-order chi connectivity index (χ0) is 20.9. The highest BCUT2D eigenvalue weighted by Gasteiger charge is 2.33. The summed E-state index contributed by atoms with van der Waals surface area (Å²) < 4.78 is 63.7. The van der Waals surface area contributed by atoms with E-state index in [1.54, 1.807) is 0 Å². The molecule has 156 valence electrons. The smallest absolute Gasteiger partial charge is 0.354 e. The van der Waals surface area contributed by atoms with Gasteiger partial charge in [-0.25, -0.2) is 8.42 Å². The van der Waals surface area contributed by atoms with Gasteiger partial charge in [-0.15, -0.1) is 0 Å². The van der Waals surface area contributed by atoms with Gasteiger partial charge in [0.25, 0.3) is 0 Å². The Morgan fingerprint density at radius 2 is 2.00 bits per heavy atom. The van der Waals surface area contributed by atoms with Crippen LogP contribution in [0.1, 0.15) is 37.7 Å². The number of halogens is 4. The number of hydrogen-bond donors (Lipinski definition) is 1. The normalized spacial score (nSPS) is 15.1. The highest BCUT2D eigenvalue weighted by atomic mass is 35.5. The van der Waals surface area contributed by atoms with Crippen LogP contribution in [0.15, 0.2) is 29.8 Å². The number of carbonyl (C=O) groups is 1. The summed E-state index contributed by atoms with van der Waals surface area (Å²) in [6.07, 6.45) is 3.19. The van der Waals surface area contributed by atoms with Gasteiger partial charge in [-0.3, -0.25) is 9.10 Å². The molecule has 0 saturated carbocycles. The van der Waals surface area contributed by atoms with Crippen LogP contribution in [0.2, 0.25) is 5.02 Å². The number of sulfonamides is 1. The van der Waals surface area contributed by atoms with E-state index in [4.69, 9.17) is 11.6 Å². The third kappa shape index (κ3) is 6.41. The summed E-state index contributed by atoms with van der Waals surface area (Å²) in [4.78, 5) is 12.2. The molecule has 0 atom stereocenters. The highest BCUT2D eigenvalue weighted by molar-refractivity contribution is 7.92. The maximum Gasteiger partial charge on any atom is 0.416 e. The first-order valence-corrected chi connectivity index (χ1v) is 11.0. The topological polar surface area (TPSA) is 66.5 Å². The molecule has 0 aromatic heterocycles. The predicted octanol–water partition coefficient (Wildman–Crippen LogP) is 4.13. The lowest BCUT2D eigenvalue weighted by molar-refractivity contribution is -0.137. The third-order valence-electron chi connectivity index (χ3n) is 4.38. The summed E-state index contributed by atoms with van der Waals surface area (Å²) in [5.74, 6) is -0.615. The van der Waals surface area contributed by atoms with Crippen LogP contribution < -0.4 is 9.62 Å². The van der Waals surface area contributed by atoms with Crippen molar-refractivity contribution < 1.29 is 26.4 Å². The minimum atomic E-state index is -4.67. The van der Waals surface area contributed by atoms with Crippen LogP contribution in [0.25, 0.3) is 0 Å². The molecule has 28 heavy (non-hydrogen) atoms. The molecule has 0 unspecified atom stereocenters. The minimum Gasteiger partial charge on any atom is -0.354 e. The number of amides is 1. The summed E-state index contributed by atoms with van der Waals surface area (Å²) in [5.41, 5.74) is -0.193. The lowest BCUT2D eigenvalue weighted by Gasteiger charge is -2.24. The van der Waals surface area contributed by atoms with Crippen molar-refractivity contribution in [3.63, 3.8) is 0 Å². The fourth-order valence-electron chi connectivity index (χ4n) is 2.94. The number of carbonyl (C=O) groups excluding carboxylic acids is 1. The Morgan fingerprint density at radius 3 is 2.57 bits per heavy atom. The van der Waals surface area contributed by atoms with Gasteiger partial charge >= 0.3 is 6.18 Å². The Balaban J connectivity index is 2.12. The molecule has 0 radical (unpaired) electrons. The predicted molar refractivity (Wildman–Crippen MR) is 103 cm³/mol. The van der Waals surface area contributed by atoms with Crippen molar-refractivity contribution in [3.05, 3.63) is 40.4 Å². The number of anilines is 1. The molecule has 1 N–H and O–H groups in total. The van der Waals surface area contributed by atoms with E-state index in [1.807, 2.05) is 0 Å². The molecule has 10 heteroatoms. The van der Waals surface area contributed by atoms with E-state index in [-0.39, 0.29) is 10.7 Å². The Bertz CT molecular complexity index is 854. The summed E-state index contributed by atoms with van der Waals surface area (Å²) >= 11 is 5.92. The molecule has 0 bridgehead atoms. The molecule has 1 aromatic carbocycles. The van der Waals surface area contributed by atoms with Crippen molar-refractivity contribution in [2.45, 2.75) is 38.3 Å². The summed E-state index contributed by atoms with van der Waals surface area (Å²) in [6.45, 7) is -0.322. The third-order valence-corrected chi connectivity index (χ3v) is 5.83. The van der Waals surface area contributed by atoms with E-state index < -0.39 is 34.2 Å². The number of hydrogen-bond acceptors (Lipinski definition) is 3. The number of alkyl halides is 3. The van der Waals surface area contributed by atoms with Gasteiger partial charge in [-0.2, -0.15) is 13.2 Å². The molecular weight excluding hydrogens is 417 g/mol. The Hall–Kier alpha value is -1.74. The summed E-state index contributed by atoms with van der Waals surface area (Å²) in [5, 5.41) is 2.42. The standard InChI is InChI=1S/C18H22ClF3N2O3S/c1-28(26,27)24(16-11-14(18(20,21)22)7-8-15(16)19)12-17(25)23-10-9-13-5-3-2-4-6-13/h5,7-8,11H,2-4,6,9-10,12H2,1H3,(H,23,25). The van der Waals surface area contributed by atoms with Crippen LogP contribution >= 0.6 is 11.6 Å². The van der Waals surface area contributed by atoms with Gasteiger partial charge in [0.2, 0.25) is 15.9 Å². The van der Waals surface area contributed by atoms with Gasteiger partial charge in [-0.1, -0.05) is 23.3 Å². The average Bonchev–Trinajstić information content (AvgIpc) is 2.59. The molecule has 2 rings (SSSR count). The fraction of sp³-hybridized carbons (Fsp3) is 0.500. The first kappa shape index (κ1) is 22.5.